The molecule has 0 atom stereocenters. The van der Waals surface area contributed by atoms with Crippen LogP contribution in [0.4, 0.5) is 0 Å². The summed E-state index contributed by atoms with van der Waals surface area (Å²) < 4.78 is 20.0. The van der Waals surface area contributed by atoms with Crippen molar-refractivity contribution in [2.75, 3.05) is 0 Å². The number of benzene rings is 4. The molecule has 0 aliphatic carbocycles. The van der Waals surface area contributed by atoms with Gasteiger partial charge in [0.2, 0.25) is 0 Å². The molecule has 0 fully saturated rings. The van der Waals surface area contributed by atoms with Gasteiger partial charge in [0.15, 0.2) is 11.6 Å². The van der Waals surface area contributed by atoms with Crippen LogP contribution in [0.3, 0.4) is 0 Å². The number of hydrogen-bond acceptors (Lipinski definition) is 10. The topological polar surface area (TPSA) is 139 Å². The number of hydrogen-bond donors (Lipinski definition) is 0. The Morgan fingerprint density at radius 1 is 0.365 bits per heavy atom. The zero-order chi connectivity index (χ0) is 37.9. The summed E-state index contributed by atoms with van der Waals surface area (Å²) in [5.74, 6) is -0.337. The van der Waals surface area contributed by atoms with E-state index in [2.05, 4.69) is 0 Å². The number of allylic oxidation sites excluding steroid dienone is 4. The van der Waals surface area contributed by atoms with Gasteiger partial charge in [0.1, 0.15) is 23.0 Å². The van der Waals surface area contributed by atoms with Gasteiger partial charge >= 0.3 is 23.9 Å². The maximum atomic E-state index is 12.0. The Morgan fingerprint density at radius 3 is 0.769 bits per heavy atom. The first kappa shape index (κ1) is 39.5. The van der Waals surface area contributed by atoms with E-state index in [-0.39, 0.29) is 11.6 Å². The predicted octanol–water partition coefficient (Wildman–Crippen LogP) is 7.67. The van der Waals surface area contributed by atoms with Gasteiger partial charge < -0.3 is 18.9 Å². The quantitative estimate of drug-likeness (QED) is 0.0822. The lowest BCUT2D eigenvalue weighted by Gasteiger charge is -2.01. The van der Waals surface area contributed by atoms with E-state index >= 15 is 0 Å². The highest BCUT2D eigenvalue weighted by atomic mass is 16.5. The Labute approximate surface area is 301 Å². The second-order valence-corrected chi connectivity index (χ2v) is 10.8. The normalized spacial score (nSPS) is 10.8. The molecule has 10 heteroatoms. The fraction of sp³-hybridized carbons (Fsp3) is 0.0952. The number of esters is 4. The standard InChI is InChI=1S/2C21H18O5/c2*1-15(22)25-20-7-3-5-17(13-20)9-11-19(24)12-10-18-6-4-8-21(14-18)26-16(2)23/h2*3-14H,1-2H3/b2*11-9+,12-10?. The Bertz CT molecular complexity index is 1760. The van der Waals surface area contributed by atoms with Crippen molar-refractivity contribution in [3.63, 3.8) is 0 Å². The molecule has 264 valence electrons. The highest BCUT2D eigenvalue weighted by Crippen LogP contribution is 2.18. The van der Waals surface area contributed by atoms with Crippen LogP contribution >= 0.6 is 0 Å². The molecule has 0 aliphatic heterocycles. The van der Waals surface area contributed by atoms with E-state index in [0.29, 0.717) is 23.0 Å². The SMILES string of the molecule is CC(=O)Oc1cccc(C=CC(=O)/C=C/c2cccc(OC(C)=O)c2)c1.CC(=O)Oc1cccc(C=CC(=O)/C=C/c2cccc(OC(C)=O)c2)c1. The maximum Gasteiger partial charge on any atom is 0.308 e. The molecular weight excluding hydrogens is 664 g/mol. The van der Waals surface area contributed by atoms with Gasteiger partial charge in [-0.25, -0.2) is 0 Å². The van der Waals surface area contributed by atoms with Crippen LogP contribution in [-0.2, 0) is 28.8 Å². The van der Waals surface area contributed by atoms with Crippen LogP contribution in [0.1, 0.15) is 49.9 Å². The van der Waals surface area contributed by atoms with E-state index in [1.807, 2.05) is 0 Å². The van der Waals surface area contributed by atoms with Crippen molar-refractivity contribution in [3.05, 3.63) is 144 Å². The minimum atomic E-state index is -0.402. The molecule has 0 saturated carbocycles. The molecular formula is C42H36O10. The average Bonchev–Trinajstić information content (AvgIpc) is 3.08. The molecule has 10 nitrogen and oxygen atoms in total. The third-order valence-electron chi connectivity index (χ3n) is 6.24. The summed E-state index contributed by atoms with van der Waals surface area (Å²) in [7, 11) is 0. The van der Waals surface area contributed by atoms with Crippen LogP contribution in [0.5, 0.6) is 23.0 Å². The summed E-state index contributed by atoms with van der Waals surface area (Å²) in [6.45, 7) is 5.31. The van der Waals surface area contributed by atoms with Gasteiger partial charge in [0, 0.05) is 27.7 Å². The van der Waals surface area contributed by atoms with Crippen LogP contribution in [0.25, 0.3) is 24.3 Å². The summed E-state index contributed by atoms with van der Waals surface area (Å²) in [5.41, 5.74) is 2.95. The molecule has 0 aliphatic rings. The molecule has 0 amide bonds. The van der Waals surface area contributed by atoms with E-state index in [9.17, 15) is 28.8 Å². The van der Waals surface area contributed by atoms with Gasteiger partial charge in [-0.1, -0.05) is 72.8 Å². The fourth-order valence-corrected chi connectivity index (χ4v) is 4.22. The first-order chi connectivity index (χ1) is 24.8. The van der Waals surface area contributed by atoms with E-state index in [0.717, 1.165) is 22.3 Å². The number of carbonyl (C=O) groups excluding carboxylic acids is 6. The third kappa shape index (κ3) is 16.0. The summed E-state index contributed by atoms with van der Waals surface area (Å²) in [4.78, 5) is 67.8. The molecule has 4 rings (SSSR count). The molecule has 0 unspecified atom stereocenters. The fourth-order valence-electron chi connectivity index (χ4n) is 4.22. The highest BCUT2D eigenvalue weighted by molar-refractivity contribution is 6.05. The third-order valence-corrected chi connectivity index (χ3v) is 6.24. The predicted molar refractivity (Wildman–Crippen MR) is 197 cm³/mol. The Balaban J connectivity index is 0.000000280. The molecule has 0 spiro atoms. The Kier molecular flexibility index (Phi) is 15.6. The van der Waals surface area contributed by atoms with Crippen LogP contribution < -0.4 is 18.9 Å². The first-order valence-electron chi connectivity index (χ1n) is 15.8. The zero-order valence-electron chi connectivity index (χ0n) is 28.9. The number of ether oxygens (including phenoxy) is 4. The molecule has 0 heterocycles. The monoisotopic (exact) mass is 700 g/mol. The molecule has 0 N–H and O–H groups in total. The second kappa shape index (κ2) is 20.5. The second-order valence-electron chi connectivity index (χ2n) is 10.8. The molecule has 0 aromatic heterocycles. The van der Waals surface area contributed by atoms with E-state index < -0.39 is 23.9 Å². The van der Waals surface area contributed by atoms with Gasteiger partial charge in [-0.05, 0) is 95.1 Å². The van der Waals surface area contributed by atoms with Crippen LogP contribution in [0.15, 0.2) is 121 Å². The van der Waals surface area contributed by atoms with Crippen LogP contribution in [-0.4, -0.2) is 35.4 Å². The van der Waals surface area contributed by atoms with Crippen LogP contribution in [0.2, 0.25) is 0 Å². The lowest BCUT2D eigenvalue weighted by molar-refractivity contribution is -0.132. The Hall–Kier alpha value is -6.94. The average molecular weight is 701 g/mol. The molecule has 0 bridgehead atoms. The van der Waals surface area contributed by atoms with E-state index in [1.54, 1.807) is 121 Å². The molecule has 4 aromatic carbocycles. The minimum Gasteiger partial charge on any atom is -0.427 e. The largest absolute Gasteiger partial charge is 0.427 e. The van der Waals surface area contributed by atoms with Gasteiger partial charge in [-0.3, -0.25) is 28.8 Å². The molecule has 0 saturated heterocycles. The minimum absolute atomic E-state index is 0.208. The van der Waals surface area contributed by atoms with Crippen LogP contribution in [0, 0.1) is 0 Å². The lowest BCUT2D eigenvalue weighted by Crippen LogP contribution is -2.01. The Morgan fingerprint density at radius 2 is 0.577 bits per heavy atom. The van der Waals surface area contributed by atoms with Gasteiger partial charge in [-0.15, -0.1) is 0 Å². The zero-order valence-corrected chi connectivity index (χ0v) is 28.9. The van der Waals surface area contributed by atoms with Gasteiger partial charge in [0.25, 0.3) is 0 Å². The number of ketones is 2. The first-order valence-corrected chi connectivity index (χ1v) is 15.8. The molecule has 52 heavy (non-hydrogen) atoms. The van der Waals surface area contributed by atoms with Crippen molar-refractivity contribution in [3.8, 4) is 23.0 Å². The highest BCUT2D eigenvalue weighted by Gasteiger charge is 2.02. The summed E-state index contributed by atoms with van der Waals surface area (Å²) >= 11 is 0. The summed E-state index contributed by atoms with van der Waals surface area (Å²) in [6.07, 6.45) is 12.2. The molecule has 0 radical (unpaired) electrons. The summed E-state index contributed by atoms with van der Waals surface area (Å²) in [6, 6.07) is 27.4. The lowest BCUT2D eigenvalue weighted by atomic mass is 10.1. The van der Waals surface area contributed by atoms with E-state index in [1.165, 1.54) is 52.0 Å². The van der Waals surface area contributed by atoms with E-state index in [4.69, 9.17) is 18.9 Å². The number of carbonyl (C=O) groups is 6. The van der Waals surface area contributed by atoms with Crippen molar-refractivity contribution < 1.29 is 47.7 Å². The summed E-state index contributed by atoms with van der Waals surface area (Å²) in [5, 5.41) is 0. The number of rotatable bonds is 12. The van der Waals surface area contributed by atoms with Crippen molar-refractivity contribution in [1.82, 2.24) is 0 Å². The van der Waals surface area contributed by atoms with Crippen molar-refractivity contribution in [1.29, 1.82) is 0 Å². The maximum absolute atomic E-state index is 12.0. The van der Waals surface area contributed by atoms with Crippen molar-refractivity contribution in [2.45, 2.75) is 27.7 Å². The van der Waals surface area contributed by atoms with Gasteiger partial charge in [-0.2, -0.15) is 0 Å². The van der Waals surface area contributed by atoms with Gasteiger partial charge in [0.05, 0.1) is 0 Å². The van der Waals surface area contributed by atoms with Crippen molar-refractivity contribution >= 4 is 59.7 Å². The van der Waals surface area contributed by atoms with Crippen molar-refractivity contribution in [2.24, 2.45) is 0 Å². The smallest absolute Gasteiger partial charge is 0.308 e. The molecule has 4 aromatic rings.